The lowest BCUT2D eigenvalue weighted by Gasteiger charge is -2.06. The first-order chi connectivity index (χ1) is 6.15. The number of aryl methyl sites for hydroxylation is 4. The monoisotopic (exact) mass is 174 g/mol. The van der Waals surface area contributed by atoms with Gasteiger partial charge in [0.1, 0.15) is 0 Å². The van der Waals surface area contributed by atoms with Gasteiger partial charge in [0, 0.05) is 0 Å². The molecule has 0 spiro atoms. The molecule has 0 heterocycles. The van der Waals surface area contributed by atoms with E-state index in [0.717, 1.165) is 6.42 Å². The summed E-state index contributed by atoms with van der Waals surface area (Å²) in [7, 11) is 0. The molecule has 1 rings (SSSR count). The Bertz CT molecular complexity index is 292. The van der Waals surface area contributed by atoms with E-state index in [4.69, 9.17) is 0 Å². The van der Waals surface area contributed by atoms with Crippen LogP contribution in [0.1, 0.15) is 29.2 Å². The number of terminal acetylenes is 1. The molecule has 0 saturated heterocycles. The topological polar surface area (TPSA) is 0 Å². The van der Waals surface area contributed by atoms with E-state index in [-0.39, 0.29) is 0 Å². The SMILES string of the molecule is C#C.CCc1cc(C)c(C)cc1C. The zero-order valence-corrected chi connectivity index (χ0v) is 9.02. The summed E-state index contributed by atoms with van der Waals surface area (Å²) < 4.78 is 0. The van der Waals surface area contributed by atoms with Gasteiger partial charge < -0.3 is 0 Å². The van der Waals surface area contributed by atoms with Crippen molar-refractivity contribution in [2.75, 3.05) is 0 Å². The van der Waals surface area contributed by atoms with E-state index in [2.05, 4.69) is 52.7 Å². The van der Waals surface area contributed by atoms with Gasteiger partial charge in [-0.05, 0) is 49.4 Å². The van der Waals surface area contributed by atoms with Crippen molar-refractivity contribution in [3.8, 4) is 12.8 Å². The average molecular weight is 174 g/mol. The van der Waals surface area contributed by atoms with E-state index in [1.54, 1.807) is 0 Å². The molecule has 0 fully saturated rings. The van der Waals surface area contributed by atoms with Gasteiger partial charge in [0.25, 0.3) is 0 Å². The maximum absolute atomic E-state index is 4.00. The van der Waals surface area contributed by atoms with Crippen molar-refractivity contribution >= 4 is 0 Å². The Morgan fingerprint density at radius 1 is 0.923 bits per heavy atom. The van der Waals surface area contributed by atoms with E-state index in [9.17, 15) is 0 Å². The molecule has 0 nitrogen and oxygen atoms in total. The molecule has 1 aromatic rings. The van der Waals surface area contributed by atoms with E-state index in [1.807, 2.05) is 0 Å². The molecule has 0 amide bonds. The molecule has 0 aliphatic heterocycles. The highest BCUT2D eigenvalue weighted by Gasteiger charge is 1.98. The standard InChI is InChI=1S/C11H16.C2H2/c1-5-11-7-9(3)8(2)6-10(11)4;1-2/h6-7H,5H2,1-4H3;1-2H. The highest BCUT2D eigenvalue weighted by molar-refractivity contribution is 5.36. The van der Waals surface area contributed by atoms with Gasteiger partial charge in [-0.15, -0.1) is 12.8 Å². The van der Waals surface area contributed by atoms with Gasteiger partial charge in [0.15, 0.2) is 0 Å². The maximum Gasteiger partial charge on any atom is -0.0305 e. The number of benzene rings is 1. The van der Waals surface area contributed by atoms with E-state index in [0.29, 0.717) is 0 Å². The Balaban J connectivity index is 0.000000671. The molecular formula is C13H18. The molecule has 0 aliphatic carbocycles. The first-order valence-corrected chi connectivity index (χ1v) is 4.55. The lowest BCUT2D eigenvalue weighted by atomic mass is 9.99. The van der Waals surface area contributed by atoms with Crippen molar-refractivity contribution in [3.63, 3.8) is 0 Å². The van der Waals surface area contributed by atoms with Crippen LogP contribution in [-0.2, 0) is 6.42 Å². The van der Waals surface area contributed by atoms with Crippen molar-refractivity contribution in [3.05, 3.63) is 34.4 Å². The molecule has 0 aliphatic rings. The summed E-state index contributed by atoms with van der Waals surface area (Å²) >= 11 is 0. The van der Waals surface area contributed by atoms with Gasteiger partial charge in [-0.25, -0.2) is 0 Å². The summed E-state index contributed by atoms with van der Waals surface area (Å²) in [5, 5.41) is 0. The zero-order chi connectivity index (χ0) is 10.4. The molecule has 0 N–H and O–H groups in total. The van der Waals surface area contributed by atoms with E-state index < -0.39 is 0 Å². The van der Waals surface area contributed by atoms with Gasteiger partial charge in [0.2, 0.25) is 0 Å². The van der Waals surface area contributed by atoms with E-state index >= 15 is 0 Å². The minimum Gasteiger partial charge on any atom is -0.124 e. The van der Waals surface area contributed by atoms with Crippen molar-refractivity contribution in [1.29, 1.82) is 0 Å². The van der Waals surface area contributed by atoms with Crippen LogP contribution in [0.15, 0.2) is 12.1 Å². The summed E-state index contributed by atoms with van der Waals surface area (Å²) in [6, 6.07) is 4.57. The summed E-state index contributed by atoms with van der Waals surface area (Å²) in [5.41, 5.74) is 5.72. The average Bonchev–Trinajstić information content (AvgIpc) is 2.15. The first-order valence-electron chi connectivity index (χ1n) is 4.55. The van der Waals surface area contributed by atoms with Crippen LogP contribution >= 0.6 is 0 Å². The molecule has 0 bridgehead atoms. The molecule has 1 aromatic carbocycles. The number of hydrogen-bond acceptors (Lipinski definition) is 0. The molecule has 0 heteroatoms. The minimum atomic E-state index is 1.15. The van der Waals surface area contributed by atoms with Crippen LogP contribution in [0.5, 0.6) is 0 Å². The summed E-state index contributed by atoms with van der Waals surface area (Å²) in [6.45, 7) is 8.73. The molecule has 0 aromatic heterocycles. The van der Waals surface area contributed by atoms with Crippen molar-refractivity contribution in [2.45, 2.75) is 34.1 Å². The number of rotatable bonds is 1. The quantitative estimate of drug-likeness (QED) is 0.572. The fourth-order valence-corrected chi connectivity index (χ4v) is 1.40. The molecule has 0 radical (unpaired) electrons. The van der Waals surface area contributed by atoms with Crippen LogP contribution in [0.25, 0.3) is 0 Å². The number of hydrogen-bond donors (Lipinski definition) is 0. The fraction of sp³-hybridized carbons (Fsp3) is 0.385. The van der Waals surface area contributed by atoms with Crippen LogP contribution < -0.4 is 0 Å². The van der Waals surface area contributed by atoms with Gasteiger partial charge in [-0.1, -0.05) is 19.1 Å². The largest absolute Gasteiger partial charge is 0.124 e. The fourth-order valence-electron chi connectivity index (χ4n) is 1.40. The third-order valence-electron chi connectivity index (χ3n) is 2.33. The van der Waals surface area contributed by atoms with Crippen LogP contribution in [0.2, 0.25) is 0 Å². The predicted molar refractivity (Wildman–Crippen MR) is 59.9 cm³/mol. The van der Waals surface area contributed by atoms with Gasteiger partial charge >= 0.3 is 0 Å². The minimum absolute atomic E-state index is 1.15. The van der Waals surface area contributed by atoms with Crippen LogP contribution in [0.3, 0.4) is 0 Å². The van der Waals surface area contributed by atoms with Gasteiger partial charge in [0.05, 0.1) is 0 Å². The van der Waals surface area contributed by atoms with Crippen molar-refractivity contribution < 1.29 is 0 Å². The van der Waals surface area contributed by atoms with Gasteiger partial charge in [-0.2, -0.15) is 0 Å². The molecular weight excluding hydrogens is 156 g/mol. The normalized spacial score (nSPS) is 8.77. The van der Waals surface area contributed by atoms with Crippen molar-refractivity contribution in [1.82, 2.24) is 0 Å². The summed E-state index contributed by atoms with van der Waals surface area (Å²) in [5.74, 6) is 0. The second kappa shape index (κ2) is 5.43. The molecule has 0 unspecified atom stereocenters. The first kappa shape index (κ1) is 11.8. The lowest BCUT2D eigenvalue weighted by molar-refractivity contribution is 1.09. The lowest BCUT2D eigenvalue weighted by Crippen LogP contribution is -1.90. The highest BCUT2D eigenvalue weighted by Crippen LogP contribution is 2.15. The Labute approximate surface area is 82.0 Å². The highest BCUT2D eigenvalue weighted by atomic mass is 14.0. The molecule has 0 atom stereocenters. The second-order valence-corrected chi connectivity index (χ2v) is 3.22. The van der Waals surface area contributed by atoms with Crippen molar-refractivity contribution in [2.24, 2.45) is 0 Å². The third kappa shape index (κ3) is 2.95. The predicted octanol–water partition coefficient (Wildman–Crippen LogP) is 3.42. The van der Waals surface area contributed by atoms with Crippen LogP contribution in [0.4, 0.5) is 0 Å². The van der Waals surface area contributed by atoms with Gasteiger partial charge in [-0.3, -0.25) is 0 Å². The Kier molecular flexibility index (Phi) is 4.92. The van der Waals surface area contributed by atoms with Crippen LogP contribution in [0, 0.1) is 33.6 Å². The Hall–Kier alpha value is -1.22. The zero-order valence-electron chi connectivity index (χ0n) is 9.02. The Morgan fingerprint density at radius 2 is 1.38 bits per heavy atom. The molecule has 70 valence electrons. The van der Waals surface area contributed by atoms with E-state index in [1.165, 1.54) is 22.3 Å². The Morgan fingerprint density at radius 3 is 1.85 bits per heavy atom. The third-order valence-corrected chi connectivity index (χ3v) is 2.33. The second-order valence-electron chi connectivity index (χ2n) is 3.22. The van der Waals surface area contributed by atoms with Crippen LogP contribution in [-0.4, -0.2) is 0 Å². The maximum atomic E-state index is 4.00. The summed E-state index contributed by atoms with van der Waals surface area (Å²) in [4.78, 5) is 0. The smallest absolute Gasteiger partial charge is 0.0305 e. The summed E-state index contributed by atoms with van der Waals surface area (Å²) in [6.07, 6.45) is 9.15. The molecule has 0 saturated carbocycles. The molecule has 13 heavy (non-hydrogen) atoms.